The maximum absolute atomic E-state index is 13.4. The van der Waals surface area contributed by atoms with E-state index in [1.165, 1.54) is 28.6 Å². The molecule has 0 aliphatic rings. The molecule has 140 valence electrons. The third-order valence-corrected chi connectivity index (χ3v) is 5.01. The number of nitrogen functional groups attached to an aromatic ring is 1. The summed E-state index contributed by atoms with van der Waals surface area (Å²) in [5.74, 6) is 6.02. The van der Waals surface area contributed by atoms with Crippen molar-refractivity contribution in [2.75, 3.05) is 18.6 Å². The van der Waals surface area contributed by atoms with Crippen molar-refractivity contribution in [3.05, 3.63) is 64.9 Å². The predicted octanol–water partition coefficient (Wildman–Crippen LogP) is 3.20. The van der Waals surface area contributed by atoms with Gasteiger partial charge >= 0.3 is 0 Å². The van der Waals surface area contributed by atoms with Gasteiger partial charge in [0.2, 0.25) is 11.1 Å². The molecule has 0 unspecified atom stereocenters. The minimum absolute atomic E-state index is 0.0785. The monoisotopic (exact) mass is 405 g/mol. The second-order valence-electron chi connectivity index (χ2n) is 5.85. The Kier molecular flexibility index (Phi) is 5.98. The predicted molar refractivity (Wildman–Crippen MR) is 104 cm³/mol. The van der Waals surface area contributed by atoms with E-state index in [1.54, 1.807) is 36.2 Å². The van der Waals surface area contributed by atoms with Gasteiger partial charge in [-0.15, -0.1) is 10.2 Å². The molecule has 0 radical (unpaired) electrons. The number of nitrogens with zero attached hydrogens (tertiary/aromatic N) is 4. The largest absolute Gasteiger partial charge is 0.341 e. The second kappa shape index (κ2) is 8.41. The SMILES string of the molecule is CN(Cc1ccc(Cl)cc1)C(=O)CSc1nnc(-c2cccc(F)c2)n1N. The zero-order valence-electron chi connectivity index (χ0n) is 14.5. The summed E-state index contributed by atoms with van der Waals surface area (Å²) < 4.78 is 14.6. The lowest BCUT2D eigenvalue weighted by molar-refractivity contribution is -0.127. The van der Waals surface area contributed by atoms with Gasteiger partial charge in [-0.2, -0.15) is 0 Å². The zero-order chi connectivity index (χ0) is 19.4. The van der Waals surface area contributed by atoms with Crippen LogP contribution in [0.15, 0.2) is 53.7 Å². The summed E-state index contributed by atoms with van der Waals surface area (Å²) in [6, 6.07) is 13.3. The summed E-state index contributed by atoms with van der Waals surface area (Å²) in [5, 5.41) is 9.01. The molecule has 27 heavy (non-hydrogen) atoms. The first kappa shape index (κ1) is 19.2. The highest BCUT2D eigenvalue weighted by Crippen LogP contribution is 2.22. The van der Waals surface area contributed by atoms with Gasteiger partial charge in [0.1, 0.15) is 5.82 Å². The van der Waals surface area contributed by atoms with Crippen LogP contribution in [0.5, 0.6) is 0 Å². The molecule has 0 saturated heterocycles. The summed E-state index contributed by atoms with van der Waals surface area (Å²) >= 11 is 7.04. The Balaban J connectivity index is 1.61. The first-order valence-corrected chi connectivity index (χ1v) is 9.38. The third-order valence-electron chi connectivity index (χ3n) is 3.83. The van der Waals surface area contributed by atoms with Crippen LogP contribution >= 0.6 is 23.4 Å². The normalized spacial score (nSPS) is 10.8. The number of benzene rings is 2. The number of nitrogens with two attached hydrogens (primary N) is 1. The molecule has 0 spiro atoms. The standard InChI is InChI=1S/C18H17ClFN5OS/c1-24(10-12-5-7-14(19)8-6-12)16(26)11-27-18-23-22-17(25(18)21)13-3-2-4-15(20)9-13/h2-9H,10-11,21H2,1H3. The van der Waals surface area contributed by atoms with Crippen molar-refractivity contribution < 1.29 is 9.18 Å². The number of rotatable bonds is 6. The van der Waals surface area contributed by atoms with E-state index in [0.29, 0.717) is 28.1 Å². The third kappa shape index (κ3) is 4.78. The number of aromatic nitrogens is 3. The average molecular weight is 406 g/mol. The molecule has 6 nitrogen and oxygen atoms in total. The Bertz CT molecular complexity index is 947. The number of carbonyl (C=O) groups excluding carboxylic acids is 1. The van der Waals surface area contributed by atoms with Crippen molar-refractivity contribution in [2.24, 2.45) is 0 Å². The molecule has 2 N–H and O–H groups in total. The van der Waals surface area contributed by atoms with Gasteiger partial charge in [0.25, 0.3) is 0 Å². The molecule has 3 rings (SSSR count). The number of hydrogen-bond donors (Lipinski definition) is 1. The molecular formula is C18H17ClFN5OS. The maximum atomic E-state index is 13.4. The highest BCUT2D eigenvalue weighted by molar-refractivity contribution is 7.99. The molecule has 0 aliphatic heterocycles. The Morgan fingerprint density at radius 3 is 2.70 bits per heavy atom. The van der Waals surface area contributed by atoms with Crippen LogP contribution in [0, 0.1) is 5.82 Å². The first-order valence-electron chi connectivity index (χ1n) is 8.01. The van der Waals surface area contributed by atoms with Crippen molar-refractivity contribution in [1.29, 1.82) is 0 Å². The van der Waals surface area contributed by atoms with E-state index < -0.39 is 0 Å². The van der Waals surface area contributed by atoms with Crippen molar-refractivity contribution in [3.8, 4) is 11.4 Å². The lowest BCUT2D eigenvalue weighted by atomic mass is 10.2. The minimum atomic E-state index is -0.385. The molecule has 1 heterocycles. The number of halogens is 2. The van der Waals surface area contributed by atoms with Crippen LogP contribution in [0.1, 0.15) is 5.56 Å². The van der Waals surface area contributed by atoms with E-state index in [1.807, 2.05) is 12.1 Å². The van der Waals surface area contributed by atoms with E-state index in [2.05, 4.69) is 10.2 Å². The topological polar surface area (TPSA) is 77.0 Å². The quantitative estimate of drug-likeness (QED) is 0.503. The van der Waals surface area contributed by atoms with Gasteiger partial charge in [-0.1, -0.05) is 47.6 Å². The summed E-state index contributed by atoms with van der Waals surface area (Å²) in [4.78, 5) is 14.0. The van der Waals surface area contributed by atoms with Gasteiger partial charge < -0.3 is 10.7 Å². The molecule has 1 amide bonds. The molecule has 0 bridgehead atoms. The van der Waals surface area contributed by atoms with Crippen LogP contribution in [0.25, 0.3) is 11.4 Å². The number of hydrogen-bond acceptors (Lipinski definition) is 5. The van der Waals surface area contributed by atoms with Crippen molar-refractivity contribution in [3.63, 3.8) is 0 Å². The molecule has 9 heteroatoms. The van der Waals surface area contributed by atoms with Gasteiger partial charge in [-0.3, -0.25) is 4.79 Å². The van der Waals surface area contributed by atoms with Crippen LogP contribution in [0.4, 0.5) is 4.39 Å². The van der Waals surface area contributed by atoms with E-state index >= 15 is 0 Å². The minimum Gasteiger partial charge on any atom is -0.341 e. The van der Waals surface area contributed by atoms with Crippen LogP contribution in [-0.2, 0) is 11.3 Å². The van der Waals surface area contributed by atoms with E-state index in [9.17, 15) is 9.18 Å². The van der Waals surface area contributed by atoms with Crippen LogP contribution < -0.4 is 5.84 Å². The second-order valence-corrected chi connectivity index (χ2v) is 7.23. The lowest BCUT2D eigenvalue weighted by Crippen LogP contribution is -2.28. The van der Waals surface area contributed by atoms with Gasteiger partial charge in [0, 0.05) is 24.2 Å². The van der Waals surface area contributed by atoms with Gasteiger partial charge in [-0.05, 0) is 29.8 Å². The lowest BCUT2D eigenvalue weighted by Gasteiger charge is -2.17. The fraction of sp³-hybridized carbons (Fsp3) is 0.167. The Morgan fingerprint density at radius 1 is 1.26 bits per heavy atom. The fourth-order valence-corrected chi connectivity index (χ4v) is 3.31. The van der Waals surface area contributed by atoms with Gasteiger partial charge in [0.15, 0.2) is 5.82 Å². The van der Waals surface area contributed by atoms with Crippen LogP contribution in [-0.4, -0.2) is 38.5 Å². The molecular weight excluding hydrogens is 389 g/mol. The fourth-order valence-electron chi connectivity index (χ4n) is 2.39. The van der Waals surface area contributed by atoms with Crippen molar-refractivity contribution in [2.45, 2.75) is 11.7 Å². The number of thioether (sulfide) groups is 1. The molecule has 0 atom stereocenters. The highest BCUT2D eigenvalue weighted by Gasteiger charge is 2.16. The van der Waals surface area contributed by atoms with Gasteiger partial charge in [0.05, 0.1) is 5.75 Å². The average Bonchev–Trinajstić information content (AvgIpc) is 3.02. The maximum Gasteiger partial charge on any atom is 0.233 e. The summed E-state index contributed by atoms with van der Waals surface area (Å²) in [5.41, 5.74) is 1.50. The van der Waals surface area contributed by atoms with E-state index in [0.717, 1.165) is 5.56 Å². The summed E-state index contributed by atoms with van der Waals surface area (Å²) in [6.07, 6.45) is 0. The smallest absolute Gasteiger partial charge is 0.233 e. The molecule has 0 saturated carbocycles. The first-order chi connectivity index (χ1) is 12.9. The molecule has 0 fully saturated rings. The van der Waals surface area contributed by atoms with Crippen LogP contribution in [0.3, 0.4) is 0 Å². The van der Waals surface area contributed by atoms with E-state index in [-0.39, 0.29) is 17.5 Å². The highest BCUT2D eigenvalue weighted by atomic mass is 35.5. The zero-order valence-corrected chi connectivity index (χ0v) is 16.0. The van der Waals surface area contributed by atoms with Crippen LogP contribution in [0.2, 0.25) is 5.02 Å². The van der Waals surface area contributed by atoms with Gasteiger partial charge in [-0.25, -0.2) is 9.07 Å². The van der Waals surface area contributed by atoms with E-state index in [4.69, 9.17) is 17.4 Å². The summed E-state index contributed by atoms with van der Waals surface area (Å²) in [7, 11) is 1.73. The molecule has 0 aliphatic carbocycles. The molecule has 1 aromatic heterocycles. The number of amides is 1. The van der Waals surface area contributed by atoms with Crippen molar-refractivity contribution in [1.82, 2.24) is 19.8 Å². The summed E-state index contributed by atoms with van der Waals surface area (Å²) in [6.45, 7) is 0.473. The Hall–Kier alpha value is -2.58. The van der Waals surface area contributed by atoms with Crippen molar-refractivity contribution >= 4 is 29.3 Å². The Labute approximate surface area is 165 Å². The Morgan fingerprint density at radius 2 is 2.00 bits per heavy atom. The molecule has 3 aromatic rings. The number of carbonyl (C=O) groups is 1. The molecule has 2 aromatic carbocycles.